The van der Waals surface area contributed by atoms with Crippen LogP contribution in [-0.4, -0.2) is 28.4 Å². The summed E-state index contributed by atoms with van der Waals surface area (Å²) >= 11 is 0. The maximum atomic E-state index is 12.4. The van der Waals surface area contributed by atoms with Crippen molar-refractivity contribution in [3.63, 3.8) is 0 Å². The van der Waals surface area contributed by atoms with Gasteiger partial charge in [0.2, 0.25) is 0 Å². The average molecular weight is 284 g/mol. The topological polar surface area (TPSA) is 83.8 Å². The number of carbonyl (C=O) groups is 2. The predicted octanol–water partition coefficient (Wildman–Crippen LogP) is 2.17. The molecule has 0 spiro atoms. The summed E-state index contributed by atoms with van der Waals surface area (Å²) in [6.07, 6.45) is 0. The zero-order valence-electron chi connectivity index (χ0n) is 10.9. The van der Waals surface area contributed by atoms with Gasteiger partial charge in [-0.1, -0.05) is 0 Å². The number of hydrogen-bond donors (Lipinski definition) is 2. The third kappa shape index (κ3) is 2.33. The summed E-state index contributed by atoms with van der Waals surface area (Å²) < 4.78 is 5.40. The van der Waals surface area contributed by atoms with E-state index in [0.717, 1.165) is 0 Å². The molecule has 5 heteroatoms. The molecule has 0 saturated heterocycles. The minimum Gasteiger partial charge on any atom is -0.508 e. The Hall–Kier alpha value is -2.82. The fourth-order valence-electron chi connectivity index (χ4n) is 2.29. The van der Waals surface area contributed by atoms with Crippen LogP contribution in [0.15, 0.2) is 42.5 Å². The van der Waals surface area contributed by atoms with Gasteiger partial charge in [-0.05, 0) is 36.4 Å². The van der Waals surface area contributed by atoms with Gasteiger partial charge in [0.25, 0.3) is 0 Å². The number of aromatic hydroxyl groups is 2. The molecule has 0 aliphatic carbocycles. The number of benzene rings is 2. The normalized spacial score (nSPS) is 17.0. The molecule has 2 aromatic carbocycles. The number of rotatable bonds is 2. The number of ether oxygens (including phenoxy) is 1. The Kier molecular flexibility index (Phi) is 3.10. The van der Waals surface area contributed by atoms with Crippen molar-refractivity contribution in [3.8, 4) is 17.2 Å². The van der Waals surface area contributed by atoms with Crippen LogP contribution < -0.4 is 4.74 Å². The number of fused-ring (bicyclic) bond motifs is 1. The molecule has 2 aromatic rings. The molecule has 1 heterocycles. The van der Waals surface area contributed by atoms with Gasteiger partial charge in [-0.25, -0.2) is 0 Å². The van der Waals surface area contributed by atoms with Crippen molar-refractivity contribution in [2.24, 2.45) is 5.92 Å². The molecule has 106 valence electrons. The molecule has 0 unspecified atom stereocenters. The molecule has 21 heavy (non-hydrogen) atoms. The first-order chi connectivity index (χ1) is 10.1. The van der Waals surface area contributed by atoms with E-state index in [1.165, 1.54) is 42.5 Å². The molecule has 0 amide bonds. The third-order valence-electron chi connectivity index (χ3n) is 3.42. The van der Waals surface area contributed by atoms with E-state index >= 15 is 0 Å². The van der Waals surface area contributed by atoms with Gasteiger partial charge in [-0.15, -0.1) is 0 Å². The lowest BCUT2D eigenvalue weighted by Crippen LogP contribution is -2.34. The fraction of sp³-hybridized carbons (Fsp3) is 0.125. The highest BCUT2D eigenvalue weighted by Gasteiger charge is 2.34. The smallest absolute Gasteiger partial charge is 0.180 e. The van der Waals surface area contributed by atoms with Gasteiger partial charge in [0.15, 0.2) is 11.6 Å². The van der Waals surface area contributed by atoms with Crippen LogP contribution in [-0.2, 0) is 0 Å². The summed E-state index contributed by atoms with van der Waals surface area (Å²) in [5.74, 6) is -1.24. The van der Waals surface area contributed by atoms with E-state index in [1.54, 1.807) is 0 Å². The van der Waals surface area contributed by atoms with Crippen LogP contribution in [0, 0.1) is 5.92 Å². The molecule has 1 aliphatic heterocycles. The Morgan fingerprint density at radius 2 is 1.71 bits per heavy atom. The molecule has 3 rings (SSSR count). The van der Waals surface area contributed by atoms with Gasteiger partial charge < -0.3 is 14.9 Å². The van der Waals surface area contributed by atoms with E-state index in [2.05, 4.69) is 0 Å². The van der Waals surface area contributed by atoms with E-state index in [0.29, 0.717) is 5.56 Å². The fourth-order valence-corrected chi connectivity index (χ4v) is 2.29. The van der Waals surface area contributed by atoms with Crippen LogP contribution in [0.1, 0.15) is 20.7 Å². The Balaban J connectivity index is 1.91. The lowest BCUT2D eigenvalue weighted by molar-refractivity contribution is 0.0723. The van der Waals surface area contributed by atoms with Gasteiger partial charge >= 0.3 is 0 Å². The van der Waals surface area contributed by atoms with Crippen LogP contribution >= 0.6 is 0 Å². The second-order valence-electron chi connectivity index (χ2n) is 4.82. The summed E-state index contributed by atoms with van der Waals surface area (Å²) in [6.45, 7) is -0.0605. The maximum absolute atomic E-state index is 12.4. The number of phenols is 2. The largest absolute Gasteiger partial charge is 0.508 e. The van der Waals surface area contributed by atoms with Crippen LogP contribution in [0.3, 0.4) is 0 Å². The molecule has 1 atom stereocenters. The molecular weight excluding hydrogens is 272 g/mol. The first-order valence-electron chi connectivity index (χ1n) is 6.39. The molecule has 0 fully saturated rings. The molecular formula is C16H12O5. The molecule has 5 nitrogen and oxygen atoms in total. The van der Waals surface area contributed by atoms with E-state index in [1.807, 2.05) is 0 Å². The van der Waals surface area contributed by atoms with Crippen molar-refractivity contribution in [1.82, 2.24) is 0 Å². The number of phenolic OH excluding ortho intramolecular Hbond substituents is 2. The SMILES string of the molecule is O=C(c1ccc(O)cc1)[C@H]1COc2cc(O)ccc2C1=O. The van der Waals surface area contributed by atoms with Gasteiger partial charge in [0.05, 0.1) is 5.56 Å². The third-order valence-corrected chi connectivity index (χ3v) is 3.42. The van der Waals surface area contributed by atoms with E-state index in [9.17, 15) is 19.8 Å². The quantitative estimate of drug-likeness (QED) is 0.652. The number of hydrogen-bond acceptors (Lipinski definition) is 5. The molecule has 0 radical (unpaired) electrons. The van der Waals surface area contributed by atoms with E-state index in [-0.39, 0.29) is 41.0 Å². The van der Waals surface area contributed by atoms with Gasteiger partial charge in [0.1, 0.15) is 29.8 Å². The summed E-state index contributed by atoms with van der Waals surface area (Å²) in [5, 5.41) is 18.6. The van der Waals surface area contributed by atoms with E-state index in [4.69, 9.17) is 4.74 Å². The summed E-state index contributed by atoms with van der Waals surface area (Å²) in [6, 6.07) is 9.92. The Morgan fingerprint density at radius 3 is 2.43 bits per heavy atom. The lowest BCUT2D eigenvalue weighted by atomic mass is 9.88. The minimum atomic E-state index is -0.911. The lowest BCUT2D eigenvalue weighted by Gasteiger charge is -2.23. The molecule has 0 bridgehead atoms. The van der Waals surface area contributed by atoms with Crippen molar-refractivity contribution in [1.29, 1.82) is 0 Å². The number of Topliss-reactive ketones (excluding diaryl/α,β-unsaturated/α-hetero) is 2. The van der Waals surface area contributed by atoms with Crippen LogP contribution in [0.2, 0.25) is 0 Å². The van der Waals surface area contributed by atoms with Crippen LogP contribution in [0.5, 0.6) is 17.2 Å². The first kappa shape index (κ1) is 13.2. The van der Waals surface area contributed by atoms with Crippen molar-refractivity contribution in [2.45, 2.75) is 0 Å². The summed E-state index contributed by atoms with van der Waals surface area (Å²) in [4.78, 5) is 24.7. The molecule has 0 aromatic heterocycles. The highest BCUT2D eigenvalue weighted by atomic mass is 16.5. The maximum Gasteiger partial charge on any atom is 0.180 e. The van der Waals surface area contributed by atoms with Crippen molar-refractivity contribution >= 4 is 11.6 Å². The summed E-state index contributed by atoms with van der Waals surface area (Å²) in [5.41, 5.74) is 0.633. The Morgan fingerprint density at radius 1 is 1.05 bits per heavy atom. The zero-order valence-corrected chi connectivity index (χ0v) is 10.9. The Labute approximate surface area is 120 Å². The van der Waals surface area contributed by atoms with Crippen molar-refractivity contribution < 1.29 is 24.5 Å². The molecule has 1 aliphatic rings. The standard InChI is InChI=1S/C16H12O5/c17-10-3-1-9(2-4-10)15(19)13-8-21-14-7-11(18)5-6-12(14)16(13)20/h1-7,13,17-18H,8H2/t13-/m1/s1. The van der Waals surface area contributed by atoms with Crippen LogP contribution in [0.4, 0.5) is 0 Å². The minimum absolute atomic E-state index is 0.00450. The van der Waals surface area contributed by atoms with Crippen molar-refractivity contribution in [3.05, 3.63) is 53.6 Å². The number of carbonyl (C=O) groups excluding carboxylic acids is 2. The highest BCUT2D eigenvalue weighted by molar-refractivity contribution is 6.17. The second-order valence-corrected chi connectivity index (χ2v) is 4.82. The van der Waals surface area contributed by atoms with Gasteiger partial charge in [-0.2, -0.15) is 0 Å². The molecule has 0 saturated carbocycles. The second kappa shape index (κ2) is 4.94. The Bertz CT molecular complexity index is 718. The number of ketones is 2. The van der Waals surface area contributed by atoms with E-state index < -0.39 is 5.92 Å². The highest BCUT2D eigenvalue weighted by Crippen LogP contribution is 2.31. The average Bonchev–Trinajstić information content (AvgIpc) is 2.47. The zero-order chi connectivity index (χ0) is 15.0. The first-order valence-corrected chi connectivity index (χ1v) is 6.39. The van der Waals surface area contributed by atoms with Gasteiger partial charge in [-0.3, -0.25) is 9.59 Å². The monoisotopic (exact) mass is 284 g/mol. The van der Waals surface area contributed by atoms with Crippen LogP contribution in [0.25, 0.3) is 0 Å². The molecule has 2 N–H and O–H groups in total. The van der Waals surface area contributed by atoms with Crippen molar-refractivity contribution in [2.75, 3.05) is 6.61 Å². The van der Waals surface area contributed by atoms with Gasteiger partial charge in [0, 0.05) is 11.6 Å². The summed E-state index contributed by atoms with van der Waals surface area (Å²) in [7, 11) is 0. The predicted molar refractivity (Wildman–Crippen MR) is 73.9 cm³/mol.